The number of amides is 2. The Morgan fingerprint density at radius 3 is 2.59 bits per heavy atom. The van der Waals surface area contributed by atoms with Crippen molar-refractivity contribution in [1.29, 1.82) is 0 Å². The quantitative estimate of drug-likeness (QED) is 0.671. The fourth-order valence-electron chi connectivity index (χ4n) is 1.55. The monoisotopic (exact) mass is 232 g/mol. The van der Waals surface area contributed by atoms with Crippen molar-refractivity contribution in [1.82, 2.24) is 10.2 Å². The molecule has 17 heavy (non-hydrogen) atoms. The van der Waals surface area contributed by atoms with Crippen LogP contribution in [0, 0.1) is 6.92 Å². The molecule has 0 bridgehead atoms. The number of benzene rings is 1. The molecule has 1 aromatic carbocycles. The summed E-state index contributed by atoms with van der Waals surface area (Å²) in [6, 6.07) is 7.55. The molecule has 5 heteroatoms. The predicted octanol–water partition coefficient (Wildman–Crippen LogP) is 1.19. The van der Waals surface area contributed by atoms with Crippen LogP contribution in [0.1, 0.15) is 5.56 Å². The summed E-state index contributed by atoms with van der Waals surface area (Å²) in [6.45, 7) is 2.01. The van der Waals surface area contributed by atoms with Gasteiger partial charge in [-0.3, -0.25) is 11.1 Å². The van der Waals surface area contributed by atoms with Gasteiger partial charge in [-0.2, -0.15) is 0 Å². The Labute approximate surface area is 100 Å². The molecule has 0 aliphatic carbocycles. The summed E-state index contributed by atoms with van der Waals surface area (Å²) in [4.78, 5) is 12.9. The molecule has 0 spiro atoms. The first-order valence-corrected chi connectivity index (χ1v) is 5.37. The van der Waals surface area contributed by atoms with Gasteiger partial charge in [0, 0.05) is 18.9 Å². The maximum absolute atomic E-state index is 11.5. The van der Waals surface area contributed by atoms with Gasteiger partial charge in [-0.05, 0) is 25.1 Å². The minimum absolute atomic E-state index is 0.241. The number of aryl methyl sites for hydroxylation is 1. The average molecular weight is 232 g/mol. The molecule has 2 amide bonds. The van der Waals surface area contributed by atoms with Crippen molar-refractivity contribution in [2.75, 3.05) is 12.4 Å². The van der Waals surface area contributed by atoms with Crippen molar-refractivity contribution in [3.63, 3.8) is 0 Å². The van der Waals surface area contributed by atoms with E-state index in [0.717, 1.165) is 5.69 Å². The zero-order valence-corrected chi connectivity index (χ0v) is 9.90. The normalized spacial score (nSPS) is 23.5. The van der Waals surface area contributed by atoms with Gasteiger partial charge in [0.15, 0.2) is 5.79 Å². The standard InChI is InChI=1S/C12H16N4O/c1-9-3-5-10(6-4-9)14-12(13)7-8-16(2)11(17)15-12/h3-8,14H,13H2,1-2H3,(H,15,17). The number of anilines is 1. The average Bonchev–Trinajstić information content (AvgIpc) is 2.28. The second kappa shape index (κ2) is 4.10. The number of urea groups is 1. The molecule has 1 aliphatic rings. The predicted molar refractivity (Wildman–Crippen MR) is 67.2 cm³/mol. The number of carbonyl (C=O) groups excluding carboxylic acids is 1. The fourth-order valence-corrected chi connectivity index (χ4v) is 1.55. The Balaban J connectivity index is 2.15. The van der Waals surface area contributed by atoms with E-state index in [4.69, 9.17) is 5.73 Å². The van der Waals surface area contributed by atoms with Crippen LogP contribution in [0.4, 0.5) is 10.5 Å². The van der Waals surface area contributed by atoms with E-state index in [2.05, 4.69) is 10.6 Å². The highest BCUT2D eigenvalue weighted by molar-refractivity contribution is 5.78. The highest BCUT2D eigenvalue weighted by Crippen LogP contribution is 2.14. The molecule has 4 N–H and O–H groups in total. The zero-order chi connectivity index (χ0) is 12.5. The van der Waals surface area contributed by atoms with Gasteiger partial charge in [-0.25, -0.2) is 4.79 Å². The minimum atomic E-state index is -1.04. The molecule has 0 saturated carbocycles. The lowest BCUT2D eigenvalue weighted by atomic mass is 10.2. The molecule has 0 aromatic heterocycles. The molecule has 0 fully saturated rings. The third kappa shape index (κ3) is 2.57. The summed E-state index contributed by atoms with van der Waals surface area (Å²) in [7, 11) is 1.66. The number of nitrogens with two attached hydrogens (primary N) is 1. The smallest absolute Gasteiger partial charge is 0.324 e. The second-order valence-corrected chi connectivity index (χ2v) is 4.22. The van der Waals surface area contributed by atoms with Crippen molar-refractivity contribution in [2.24, 2.45) is 5.73 Å². The summed E-state index contributed by atoms with van der Waals surface area (Å²) >= 11 is 0. The van der Waals surface area contributed by atoms with Gasteiger partial charge in [0.05, 0.1) is 0 Å². The van der Waals surface area contributed by atoms with Crippen molar-refractivity contribution >= 4 is 11.7 Å². The van der Waals surface area contributed by atoms with E-state index in [1.54, 1.807) is 19.3 Å². The number of nitrogens with one attached hydrogen (secondary N) is 2. The first kappa shape index (κ1) is 11.5. The Morgan fingerprint density at radius 2 is 2.00 bits per heavy atom. The van der Waals surface area contributed by atoms with E-state index < -0.39 is 5.79 Å². The molecule has 1 heterocycles. The van der Waals surface area contributed by atoms with Crippen LogP contribution in [0.3, 0.4) is 0 Å². The van der Waals surface area contributed by atoms with E-state index in [1.165, 1.54) is 10.5 Å². The van der Waals surface area contributed by atoms with Gasteiger partial charge in [0.1, 0.15) is 0 Å². The van der Waals surface area contributed by atoms with Crippen molar-refractivity contribution < 1.29 is 4.79 Å². The first-order chi connectivity index (χ1) is 7.98. The molecule has 2 rings (SSSR count). The summed E-state index contributed by atoms with van der Waals surface area (Å²) in [6.07, 6.45) is 3.34. The SMILES string of the molecule is Cc1ccc(NC2(N)C=CN(C)C(=O)N2)cc1. The largest absolute Gasteiger partial charge is 0.347 e. The molecule has 0 saturated heterocycles. The van der Waals surface area contributed by atoms with E-state index >= 15 is 0 Å². The summed E-state index contributed by atoms with van der Waals surface area (Å²) < 4.78 is 0. The summed E-state index contributed by atoms with van der Waals surface area (Å²) in [5, 5.41) is 5.74. The Morgan fingerprint density at radius 1 is 1.35 bits per heavy atom. The number of carbonyl (C=O) groups is 1. The topological polar surface area (TPSA) is 70.4 Å². The van der Waals surface area contributed by atoms with E-state index in [1.807, 2.05) is 31.2 Å². The second-order valence-electron chi connectivity index (χ2n) is 4.22. The number of rotatable bonds is 2. The highest BCUT2D eigenvalue weighted by atomic mass is 16.2. The molecule has 1 unspecified atom stereocenters. The molecule has 5 nitrogen and oxygen atoms in total. The van der Waals surface area contributed by atoms with Crippen LogP contribution in [0.25, 0.3) is 0 Å². The molecule has 1 aromatic rings. The fraction of sp³-hybridized carbons (Fsp3) is 0.250. The van der Waals surface area contributed by atoms with E-state index in [0.29, 0.717) is 0 Å². The molecular weight excluding hydrogens is 216 g/mol. The summed E-state index contributed by atoms with van der Waals surface area (Å²) in [5.74, 6) is -1.04. The van der Waals surface area contributed by atoms with E-state index in [-0.39, 0.29) is 6.03 Å². The number of hydrogen-bond acceptors (Lipinski definition) is 3. The molecule has 0 radical (unpaired) electrons. The molecule has 90 valence electrons. The van der Waals surface area contributed by atoms with Crippen LogP contribution in [-0.2, 0) is 0 Å². The highest BCUT2D eigenvalue weighted by Gasteiger charge is 2.28. The van der Waals surface area contributed by atoms with Crippen molar-refractivity contribution in [2.45, 2.75) is 12.7 Å². The molecule has 1 atom stereocenters. The van der Waals surface area contributed by atoms with Gasteiger partial charge < -0.3 is 10.2 Å². The Bertz CT molecular complexity index is 454. The third-order valence-electron chi connectivity index (χ3n) is 2.60. The Hall–Kier alpha value is -2.01. The maximum atomic E-state index is 11.5. The van der Waals surface area contributed by atoms with E-state index in [9.17, 15) is 4.79 Å². The van der Waals surface area contributed by atoms with Gasteiger partial charge in [0.2, 0.25) is 0 Å². The van der Waals surface area contributed by atoms with Crippen LogP contribution in [0.2, 0.25) is 0 Å². The van der Waals surface area contributed by atoms with Crippen LogP contribution >= 0.6 is 0 Å². The van der Waals surface area contributed by atoms with Crippen molar-refractivity contribution in [3.8, 4) is 0 Å². The van der Waals surface area contributed by atoms with Gasteiger partial charge in [-0.1, -0.05) is 17.7 Å². The number of hydrogen-bond donors (Lipinski definition) is 3. The third-order valence-corrected chi connectivity index (χ3v) is 2.60. The van der Waals surface area contributed by atoms with Gasteiger partial charge in [-0.15, -0.1) is 0 Å². The van der Waals surface area contributed by atoms with Gasteiger partial charge in [0.25, 0.3) is 0 Å². The van der Waals surface area contributed by atoms with Crippen LogP contribution in [-0.4, -0.2) is 23.8 Å². The van der Waals surface area contributed by atoms with Crippen LogP contribution < -0.4 is 16.4 Å². The lowest BCUT2D eigenvalue weighted by Crippen LogP contribution is -2.64. The lowest BCUT2D eigenvalue weighted by molar-refractivity contribution is 0.210. The number of nitrogens with zero attached hydrogens (tertiary/aromatic N) is 1. The zero-order valence-electron chi connectivity index (χ0n) is 9.90. The molecular formula is C12H16N4O. The van der Waals surface area contributed by atoms with Crippen LogP contribution in [0.5, 0.6) is 0 Å². The maximum Gasteiger partial charge on any atom is 0.324 e. The van der Waals surface area contributed by atoms with Crippen molar-refractivity contribution in [3.05, 3.63) is 42.1 Å². The summed E-state index contributed by atoms with van der Waals surface area (Å²) in [5.41, 5.74) is 8.05. The molecule has 1 aliphatic heterocycles. The first-order valence-electron chi connectivity index (χ1n) is 5.37. The Kier molecular flexibility index (Phi) is 2.77. The van der Waals surface area contributed by atoms with Crippen LogP contribution in [0.15, 0.2) is 36.5 Å². The van der Waals surface area contributed by atoms with Gasteiger partial charge >= 0.3 is 6.03 Å². The minimum Gasteiger partial charge on any atom is -0.347 e. The lowest BCUT2D eigenvalue weighted by Gasteiger charge is -2.34.